The van der Waals surface area contributed by atoms with Crippen LogP contribution >= 0.6 is 11.3 Å². The molecule has 1 aliphatic rings. The molecule has 0 N–H and O–H groups in total. The first-order valence-corrected chi connectivity index (χ1v) is 12.8. The Balaban J connectivity index is 1.77. The van der Waals surface area contributed by atoms with Crippen molar-refractivity contribution in [1.29, 1.82) is 0 Å². The molecule has 2 aromatic rings. The van der Waals surface area contributed by atoms with Crippen LogP contribution in [0.1, 0.15) is 23.3 Å². The first kappa shape index (κ1) is 24.8. The molecule has 3 rings (SSSR count). The van der Waals surface area contributed by atoms with Crippen molar-refractivity contribution < 1.29 is 22.0 Å². The molecule has 1 aromatic carbocycles. The summed E-state index contributed by atoms with van der Waals surface area (Å²) in [5, 5.41) is 0. The van der Waals surface area contributed by atoms with Gasteiger partial charge in [-0.25, -0.2) is 17.2 Å². The fraction of sp³-hybridized carbons (Fsp3) is 0.500. The zero-order chi connectivity index (χ0) is 23.5. The van der Waals surface area contributed by atoms with Crippen LogP contribution in [0.3, 0.4) is 0 Å². The third-order valence-corrected chi connectivity index (χ3v) is 8.86. The first-order chi connectivity index (χ1) is 15.1. The average Bonchev–Trinajstić information content (AvgIpc) is 3.20. The number of amides is 1. The molecular formula is C22H29F2N3O3S2. The van der Waals surface area contributed by atoms with E-state index in [-0.39, 0.29) is 23.2 Å². The maximum absolute atomic E-state index is 13.7. The minimum atomic E-state index is -3.65. The standard InChI is InChI=1S/C22H29F2N3O3S2/c1-16-6-9-21(31-16)32(29,30)27-10-4-5-18(15-27)22(28)26(12-11-25(2)3)14-17-7-8-19(23)20(24)13-17/h6-9,13,18H,4-5,10-12,14-15H2,1-3H3. The maximum atomic E-state index is 13.7. The van der Waals surface area contributed by atoms with E-state index in [0.717, 1.165) is 17.0 Å². The molecule has 32 heavy (non-hydrogen) atoms. The van der Waals surface area contributed by atoms with Crippen LogP contribution in [0.15, 0.2) is 34.5 Å². The third kappa shape index (κ3) is 5.92. The van der Waals surface area contributed by atoms with Gasteiger partial charge in [0.05, 0.1) is 5.92 Å². The number of rotatable bonds is 8. The molecule has 0 aliphatic carbocycles. The minimum absolute atomic E-state index is 0.119. The number of carbonyl (C=O) groups excluding carboxylic acids is 1. The number of likely N-dealkylation sites (N-methyl/N-ethyl adjacent to an activating group) is 1. The lowest BCUT2D eigenvalue weighted by atomic mass is 9.97. The Morgan fingerprint density at radius 2 is 1.91 bits per heavy atom. The lowest BCUT2D eigenvalue weighted by Crippen LogP contribution is -2.47. The van der Waals surface area contributed by atoms with Crippen LogP contribution in [-0.4, -0.2) is 68.7 Å². The van der Waals surface area contributed by atoms with E-state index in [9.17, 15) is 22.0 Å². The molecule has 1 atom stereocenters. The molecule has 1 amide bonds. The smallest absolute Gasteiger partial charge is 0.252 e. The SMILES string of the molecule is Cc1ccc(S(=O)(=O)N2CCCC(C(=O)N(CCN(C)C)Cc3ccc(F)c(F)c3)C2)s1. The van der Waals surface area contributed by atoms with Crippen molar-refractivity contribution in [2.24, 2.45) is 5.92 Å². The Kier molecular flexibility index (Phi) is 8.02. The van der Waals surface area contributed by atoms with E-state index in [1.54, 1.807) is 17.0 Å². The summed E-state index contributed by atoms with van der Waals surface area (Å²) >= 11 is 1.22. The van der Waals surface area contributed by atoms with E-state index < -0.39 is 27.6 Å². The molecule has 10 heteroatoms. The molecule has 0 bridgehead atoms. The van der Waals surface area contributed by atoms with Gasteiger partial charge in [-0.1, -0.05) is 6.07 Å². The molecule has 1 unspecified atom stereocenters. The van der Waals surface area contributed by atoms with Gasteiger partial charge in [0.25, 0.3) is 10.0 Å². The molecule has 1 aliphatic heterocycles. The van der Waals surface area contributed by atoms with Crippen molar-refractivity contribution >= 4 is 27.3 Å². The Labute approximate surface area is 192 Å². The fourth-order valence-electron chi connectivity index (χ4n) is 3.74. The fourth-order valence-corrected chi connectivity index (χ4v) is 6.71. The van der Waals surface area contributed by atoms with Crippen LogP contribution in [-0.2, 0) is 21.4 Å². The maximum Gasteiger partial charge on any atom is 0.252 e. The van der Waals surface area contributed by atoms with Crippen LogP contribution in [0.5, 0.6) is 0 Å². The summed E-state index contributed by atoms with van der Waals surface area (Å²) in [7, 11) is 0.127. The average molecular weight is 486 g/mol. The summed E-state index contributed by atoms with van der Waals surface area (Å²) in [5.41, 5.74) is 0.491. The number of hydrogen-bond donors (Lipinski definition) is 0. The summed E-state index contributed by atoms with van der Waals surface area (Å²) in [6.45, 7) is 3.49. The van der Waals surface area contributed by atoms with Gasteiger partial charge in [-0.05, 0) is 63.7 Å². The van der Waals surface area contributed by atoms with Crippen molar-refractivity contribution in [2.45, 2.75) is 30.5 Å². The monoisotopic (exact) mass is 485 g/mol. The highest BCUT2D eigenvalue weighted by Crippen LogP contribution is 2.29. The molecule has 1 fully saturated rings. The lowest BCUT2D eigenvalue weighted by molar-refractivity contribution is -0.137. The van der Waals surface area contributed by atoms with Gasteiger partial charge in [0, 0.05) is 37.6 Å². The Bertz CT molecular complexity index is 1060. The number of hydrogen-bond acceptors (Lipinski definition) is 5. The second-order valence-electron chi connectivity index (χ2n) is 8.38. The molecule has 0 saturated carbocycles. The Morgan fingerprint density at radius 3 is 2.53 bits per heavy atom. The summed E-state index contributed by atoms with van der Waals surface area (Å²) in [6.07, 6.45) is 1.18. The molecule has 0 radical (unpaired) electrons. The molecule has 0 spiro atoms. The van der Waals surface area contributed by atoms with Crippen molar-refractivity contribution in [3.8, 4) is 0 Å². The number of sulfonamides is 1. The Hall–Kier alpha value is -1.88. The highest BCUT2D eigenvalue weighted by Gasteiger charge is 2.35. The number of carbonyl (C=O) groups is 1. The summed E-state index contributed by atoms with van der Waals surface area (Å²) in [6, 6.07) is 6.99. The topological polar surface area (TPSA) is 60.9 Å². The molecular weight excluding hydrogens is 456 g/mol. The van der Waals surface area contributed by atoms with Gasteiger partial charge in [0.15, 0.2) is 11.6 Å². The number of benzene rings is 1. The normalized spacial score (nSPS) is 17.6. The van der Waals surface area contributed by atoms with Gasteiger partial charge in [-0.2, -0.15) is 4.31 Å². The van der Waals surface area contributed by atoms with E-state index in [2.05, 4.69) is 0 Å². The van der Waals surface area contributed by atoms with E-state index in [4.69, 9.17) is 0 Å². The molecule has 1 aromatic heterocycles. The van der Waals surface area contributed by atoms with E-state index in [1.165, 1.54) is 21.7 Å². The zero-order valence-corrected chi connectivity index (χ0v) is 20.2. The highest BCUT2D eigenvalue weighted by molar-refractivity contribution is 7.91. The van der Waals surface area contributed by atoms with Gasteiger partial charge < -0.3 is 9.80 Å². The van der Waals surface area contributed by atoms with E-state index in [0.29, 0.717) is 38.0 Å². The molecule has 2 heterocycles. The number of nitrogens with zero attached hydrogens (tertiary/aromatic N) is 3. The van der Waals surface area contributed by atoms with Crippen LogP contribution < -0.4 is 0 Å². The van der Waals surface area contributed by atoms with Crippen LogP contribution in [0.4, 0.5) is 8.78 Å². The number of thiophene rings is 1. The molecule has 1 saturated heterocycles. The second kappa shape index (κ2) is 10.4. The number of piperidine rings is 1. The minimum Gasteiger partial charge on any atom is -0.337 e. The van der Waals surface area contributed by atoms with Crippen molar-refractivity contribution in [1.82, 2.24) is 14.1 Å². The van der Waals surface area contributed by atoms with Crippen molar-refractivity contribution in [3.05, 3.63) is 52.4 Å². The number of aryl methyl sites for hydroxylation is 1. The zero-order valence-electron chi connectivity index (χ0n) is 18.6. The predicted molar refractivity (Wildman–Crippen MR) is 121 cm³/mol. The van der Waals surface area contributed by atoms with E-state index >= 15 is 0 Å². The second-order valence-corrected chi connectivity index (χ2v) is 11.8. The predicted octanol–water partition coefficient (Wildman–Crippen LogP) is 3.33. The van der Waals surface area contributed by atoms with E-state index in [1.807, 2.05) is 25.9 Å². The van der Waals surface area contributed by atoms with Crippen molar-refractivity contribution in [2.75, 3.05) is 40.3 Å². The quantitative estimate of drug-likeness (QED) is 0.576. The van der Waals surface area contributed by atoms with Gasteiger partial charge in [0.1, 0.15) is 4.21 Å². The third-order valence-electron chi connectivity index (χ3n) is 5.53. The van der Waals surface area contributed by atoms with Gasteiger partial charge in [0.2, 0.25) is 5.91 Å². The summed E-state index contributed by atoms with van der Waals surface area (Å²) in [4.78, 5) is 17.9. The van der Waals surface area contributed by atoms with Gasteiger partial charge in [-0.15, -0.1) is 11.3 Å². The highest BCUT2D eigenvalue weighted by atomic mass is 32.2. The molecule has 176 valence electrons. The van der Waals surface area contributed by atoms with Crippen LogP contribution in [0.2, 0.25) is 0 Å². The lowest BCUT2D eigenvalue weighted by Gasteiger charge is -2.34. The molecule has 6 nitrogen and oxygen atoms in total. The van der Waals surface area contributed by atoms with Crippen molar-refractivity contribution in [3.63, 3.8) is 0 Å². The summed E-state index contributed by atoms with van der Waals surface area (Å²) in [5.74, 6) is -2.54. The van der Waals surface area contributed by atoms with Crippen LogP contribution in [0, 0.1) is 24.5 Å². The van der Waals surface area contributed by atoms with Gasteiger partial charge >= 0.3 is 0 Å². The first-order valence-electron chi connectivity index (χ1n) is 10.5. The largest absolute Gasteiger partial charge is 0.337 e. The number of halogens is 2. The van der Waals surface area contributed by atoms with Gasteiger partial charge in [-0.3, -0.25) is 4.79 Å². The van der Waals surface area contributed by atoms with Crippen LogP contribution in [0.25, 0.3) is 0 Å². The Morgan fingerprint density at radius 1 is 1.16 bits per heavy atom. The summed E-state index contributed by atoms with van der Waals surface area (Å²) < 4.78 is 54.8.